The monoisotopic (exact) mass is 213 g/mol. The molecule has 0 radical (unpaired) electrons. The SMILES string of the molecule is CC(=CCCCNCCN(C)C)C(N)=O. The molecule has 15 heavy (non-hydrogen) atoms. The second kappa shape index (κ2) is 8.44. The molecule has 0 unspecified atom stereocenters. The van der Waals surface area contributed by atoms with E-state index in [2.05, 4.69) is 24.3 Å². The second-order valence-corrected chi connectivity index (χ2v) is 3.95. The summed E-state index contributed by atoms with van der Waals surface area (Å²) in [5, 5.41) is 3.33. The van der Waals surface area contributed by atoms with E-state index in [0.717, 1.165) is 32.5 Å². The third-order valence-electron chi connectivity index (χ3n) is 2.13. The van der Waals surface area contributed by atoms with Gasteiger partial charge in [0.1, 0.15) is 0 Å². The average molecular weight is 213 g/mol. The van der Waals surface area contributed by atoms with E-state index in [9.17, 15) is 4.79 Å². The van der Waals surface area contributed by atoms with Gasteiger partial charge in [-0.05, 0) is 40.4 Å². The molecule has 0 saturated heterocycles. The summed E-state index contributed by atoms with van der Waals surface area (Å²) in [4.78, 5) is 12.8. The van der Waals surface area contributed by atoms with Crippen molar-refractivity contribution in [1.29, 1.82) is 0 Å². The number of primary amides is 1. The van der Waals surface area contributed by atoms with E-state index in [1.165, 1.54) is 0 Å². The van der Waals surface area contributed by atoms with Crippen molar-refractivity contribution in [1.82, 2.24) is 10.2 Å². The molecule has 0 aliphatic heterocycles. The zero-order chi connectivity index (χ0) is 11.7. The Balaban J connectivity index is 3.32. The third kappa shape index (κ3) is 9.43. The average Bonchev–Trinajstić information content (AvgIpc) is 2.15. The van der Waals surface area contributed by atoms with Gasteiger partial charge in [0.15, 0.2) is 0 Å². The van der Waals surface area contributed by atoms with Crippen molar-refractivity contribution in [3.05, 3.63) is 11.6 Å². The lowest BCUT2D eigenvalue weighted by Crippen LogP contribution is -2.27. The first kappa shape index (κ1) is 14.1. The van der Waals surface area contributed by atoms with E-state index in [4.69, 9.17) is 5.73 Å². The van der Waals surface area contributed by atoms with Crippen LogP contribution in [0, 0.1) is 0 Å². The number of amides is 1. The molecule has 4 heteroatoms. The number of nitrogens with zero attached hydrogens (tertiary/aromatic N) is 1. The highest BCUT2D eigenvalue weighted by Crippen LogP contribution is 1.96. The van der Waals surface area contributed by atoms with Gasteiger partial charge in [0.2, 0.25) is 5.91 Å². The van der Waals surface area contributed by atoms with E-state index >= 15 is 0 Å². The van der Waals surface area contributed by atoms with Crippen LogP contribution in [0.5, 0.6) is 0 Å². The van der Waals surface area contributed by atoms with Gasteiger partial charge in [0.25, 0.3) is 0 Å². The van der Waals surface area contributed by atoms with Crippen molar-refractivity contribution in [2.75, 3.05) is 33.7 Å². The van der Waals surface area contributed by atoms with Crippen LogP contribution in [0.15, 0.2) is 11.6 Å². The van der Waals surface area contributed by atoms with Crippen molar-refractivity contribution in [3.8, 4) is 0 Å². The molecular formula is C11H23N3O. The van der Waals surface area contributed by atoms with Gasteiger partial charge in [0.05, 0.1) is 0 Å². The van der Waals surface area contributed by atoms with E-state index in [-0.39, 0.29) is 5.91 Å². The molecule has 0 rings (SSSR count). The first-order valence-corrected chi connectivity index (χ1v) is 5.36. The first-order valence-electron chi connectivity index (χ1n) is 5.36. The van der Waals surface area contributed by atoms with Gasteiger partial charge in [-0.1, -0.05) is 6.08 Å². The molecule has 1 amide bonds. The van der Waals surface area contributed by atoms with Gasteiger partial charge in [-0.25, -0.2) is 0 Å². The number of nitrogens with one attached hydrogen (secondary N) is 1. The lowest BCUT2D eigenvalue weighted by atomic mass is 10.2. The molecule has 0 aromatic heterocycles. The number of hydrogen-bond donors (Lipinski definition) is 2. The van der Waals surface area contributed by atoms with Crippen LogP contribution in [0.25, 0.3) is 0 Å². The number of carbonyl (C=O) groups excluding carboxylic acids is 1. The molecular weight excluding hydrogens is 190 g/mol. The summed E-state index contributed by atoms with van der Waals surface area (Å²) >= 11 is 0. The van der Waals surface area contributed by atoms with Crippen molar-refractivity contribution < 1.29 is 4.79 Å². The zero-order valence-electron chi connectivity index (χ0n) is 10.0. The van der Waals surface area contributed by atoms with Crippen LogP contribution >= 0.6 is 0 Å². The minimum Gasteiger partial charge on any atom is -0.366 e. The summed E-state index contributed by atoms with van der Waals surface area (Å²) < 4.78 is 0. The van der Waals surface area contributed by atoms with Gasteiger partial charge in [-0.2, -0.15) is 0 Å². The highest BCUT2D eigenvalue weighted by molar-refractivity contribution is 5.91. The number of unbranched alkanes of at least 4 members (excludes halogenated alkanes) is 1. The summed E-state index contributed by atoms with van der Waals surface area (Å²) in [6, 6.07) is 0. The number of rotatable bonds is 8. The molecule has 0 aliphatic carbocycles. The van der Waals surface area contributed by atoms with Gasteiger partial charge >= 0.3 is 0 Å². The van der Waals surface area contributed by atoms with Crippen LogP contribution in [-0.4, -0.2) is 44.5 Å². The van der Waals surface area contributed by atoms with E-state index < -0.39 is 0 Å². The molecule has 88 valence electrons. The van der Waals surface area contributed by atoms with Crippen molar-refractivity contribution in [2.45, 2.75) is 19.8 Å². The summed E-state index contributed by atoms with van der Waals surface area (Å²) in [7, 11) is 4.11. The normalized spacial score (nSPS) is 12.1. The van der Waals surface area contributed by atoms with Crippen LogP contribution in [0.3, 0.4) is 0 Å². The van der Waals surface area contributed by atoms with Crippen molar-refractivity contribution in [2.24, 2.45) is 5.73 Å². The second-order valence-electron chi connectivity index (χ2n) is 3.95. The van der Waals surface area contributed by atoms with Crippen LogP contribution in [0.1, 0.15) is 19.8 Å². The number of likely N-dealkylation sites (N-methyl/N-ethyl adjacent to an activating group) is 1. The maximum absolute atomic E-state index is 10.7. The fourth-order valence-electron chi connectivity index (χ4n) is 1.07. The molecule has 0 fully saturated rings. The Morgan fingerprint density at radius 1 is 1.40 bits per heavy atom. The first-order chi connectivity index (χ1) is 7.04. The predicted octanol–water partition coefficient (Wildman–Crippen LogP) is 0.349. The molecule has 0 atom stereocenters. The quantitative estimate of drug-likeness (QED) is 0.452. The molecule has 0 saturated carbocycles. The Kier molecular flexibility index (Phi) is 7.95. The van der Waals surface area contributed by atoms with Crippen LogP contribution in [-0.2, 0) is 4.79 Å². The minimum atomic E-state index is -0.324. The molecule has 4 nitrogen and oxygen atoms in total. The fourth-order valence-corrected chi connectivity index (χ4v) is 1.07. The molecule has 0 aromatic rings. The van der Waals surface area contributed by atoms with E-state index in [1.807, 2.05) is 6.08 Å². The molecule has 0 bridgehead atoms. The summed E-state index contributed by atoms with van der Waals surface area (Å²) in [5.41, 5.74) is 5.76. The highest BCUT2D eigenvalue weighted by Gasteiger charge is 1.95. The Hall–Kier alpha value is -0.870. The number of allylic oxidation sites excluding steroid dienone is 1. The van der Waals surface area contributed by atoms with Crippen LogP contribution in [0.4, 0.5) is 0 Å². The lowest BCUT2D eigenvalue weighted by Gasteiger charge is -2.09. The highest BCUT2D eigenvalue weighted by atomic mass is 16.1. The van der Waals surface area contributed by atoms with Crippen LogP contribution in [0.2, 0.25) is 0 Å². The number of hydrogen-bond acceptors (Lipinski definition) is 3. The Morgan fingerprint density at radius 3 is 2.60 bits per heavy atom. The van der Waals surface area contributed by atoms with Crippen LogP contribution < -0.4 is 11.1 Å². The minimum absolute atomic E-state index is 0.324. The summed E-state index contributed by atoms with van der Waals surface area (Å²) in [6.07, 6.45) is 3.84. The summed E-state index contributed by atoms with van der Waals surface area (Å²) in [5.74, 6) is -0.324. The Bertz CT molecular complexity index is 212. The van der Waals surface area contributed by atoms with Gasteiger partial charge in [-0.15, -0.1) is 0 Å². The maximum Gasteiger partial charge on any atom is 0.244 e. The Labute approximate surface area is 92.5 Å². The third-order valence-corrected chi connectivity index (χ3v) is 2.13. The van der Waals surface area contributed by atoms with Gasteiger partial charge in [-0.3, -0.25) is 4.79 Å². The lowest BCUT2D eigenvalue weighted by molar-refractivity contribution is -0.114. The van der Waals surface area contributed by atoms with Crippen molar-refractivity contribution >= 4 is 5.91 Å². The Morgan fingerprint density at radius 2 is 2.07 bits per heavy atom. The molecule has 3 N–H and O–H groups in total. The standard InChI is InChI=1S/C11H23N3O/c1-10(11(12)15)6-4-5-7-13-8-9-14(2)3/h6,13H,4-5,7-9H2,1-3H3,(H2,12,15). The predicted molar refractivity (Wildman–Crippen MR) is 63.6 cm³/mol. The topological polar surface area (TPSA) is 58.4 Å². The number of carbonyl (C=O) groups is 1. The smallest absolute Gasteiger partial charge is 0.244 e. The fraction of sp³-hybridized carbons (Fsp3) is 0.727. The van der Waals surface area contributed by atoms with Gasteiger partial charge < -0.3 is 16.0 Å². The number of nitrogens with two attached hydrogens (primary N) is 1. The molecule has 0 aliphatic rings. The zero-order valence-corrected chi connectivity index (χ0v) is 10.0. The van der Waals surface area contributed by atoms with E-state index in [1.54, 1.807) is 6.92 Å². The maximum atomic E-state index is 10.7. The molecule has 0 aromatic carbocycles. The van der Waals surface area contributed by atoms with E-state index in [0.29, 0.717) is 5.57 Å². The van der Waals surface area contributed by atoms with Crippen molar-refractivity contribution in [3.63, 3.8) is 0 Å². The molecule has 0 heterocycles. The largest absolute Gasteiger partial charge is 0.366 e. The van der Waals surface area contributed by atoms with Gasteiger partial charge in [0, 0.05) is 18.7 Å². The molecule has 0 spiro atoms. The summed E-state index contributed by atoms with van der Waals surface area (Å²) in [6.45, 7) is 4.79.